The zero-order valence-electron chi connectivity index (χ0n) is 24.7. The zero-order valence-corrected chi connectivity index (χ0v) is 21.7. The standard InChI is InChI=1S/C28H30N6O6/c1-33-22-14-29-25(13-21(22)34(28(33)37)19-5-4-18(12-19)30-27(36)38-2)32-26-10-16(15-35)9-20(31-26)17-3-6-23-24(11-17)40-8-7-39-23/h3,6,9-11,13-14,18-19,35H,4-5,7-8,12,15H2,1-2H3,(H,30,36)(H,29,31,32)/t18-,19-/m1/s1/i1D3. The molecule has 1 aliphatic heterocycles. The summed E-state index contributed by atoms with van der Waals surface area (Å²) in [5.74, 6) is 1.96. The van der Waals surface area contributed by atoms with E-state index < -0.39 is 18.8 Å². The number of hydrogen-bond acceptors (Lipinski definition) is 9. The second-order valence-electron chi connectivity index (χ2n) is 9.73. The molecule has 1 aliphatic carbocycles. The minimum atomic E-state index is -2.73. The molecule has 3 N–H and O–H groups in total. The fourth-order valence-corrected chi connectivity index (χ4v) is 5.31. The molecule has 208 valence electrons. The van der Waals surface area contributed by atoms with Crippen LogP contribution in [0.1, 0.15) is 35.0 Å². The van der Waals surface area contributed by atoms with E-state index in [1.165, 1.54) is 17.9 Å². The molecule has 0 unspecified atom stereocenters. The summed E-state index contributed by atoms with van der Waals surface area (Å²) in [7, 11) is 1.28. The third-order valence-corrected chi connectivity index (χ3v) is 7.20. The topological polar surface area (TPSA) is 142 Å². The molecule has 0 bridgehead atoms. The Morgan fingerprint density at radius 3 is 2.80 bits per heavy atom. The molecule has 4 heterocycles. The van der Waals surface area contributed by atoms with Gasteiger partial charge in [-0.1, -0.05) is 0 Å². The maximum Gasteiger partial charge on any atom is 0.407 e. The number of aryl methyl sites for hydroxylation is 1. The normalized spacial score (nSPS) is 19.5. The van der Waals surface area contributed by atoms with Crippen molar-refractivity contribution in [2.45, 2.75) is 38.0 Å². The average Bonchev–Trinajstić information content (AvgIpc) is 3.56. The van der Waals surface area contributed by atoms with Gasteiger partial charge >= 0.3 is 11.8 Å². The van der Waals surface area contributed by atoms with E-state index in [1.54, 1.807) is 18.2 Å². The van der Waals surface area contributed by atoms with E-state index in [-0.39, 0.29) is 24.2 Å². The number of benzene rings is 1. The van der Waals surface area contributed by atoms with Gasteiger partial charge in [0.2, 0.25) is 0 Å². The number of aromatic nitrogens is 4. The number of fused-ring (bicyclic) bond motifs is 2. The molecule has 3 aromatic heterocycles. The van der Waals surface area contributed by atoms with E-state index in [1.807, 2.05) is 18.2 Å². The SMILES string of the molecule is [2H]C([2H])([2H])n1c(=O)n([C@@H]2CC[C@@H](NC(=O)OC)C2)c2cc(Nc3cc(CO)cc(-c4ccc5c(c4)OCCO5)n3)ncc21. The third-order valence-electron chi connectivity index (χ3n) is 7.20. The Morgan fingerprint density at radius 1 is 1.15 bits per heavy atom. The number of alkyl carbamates (subject to hydrolysis) is 1. The summed E-state index contributed by atoms with van der Waals surface area (Å²) >= 11 is 0. The molecule has 12 nitrogen and oxygen atoms in total. The second kappa shape index (κ2) is 10.5. The van der Waals surface area contributed by atoms with Crippen LogP contribution in [0.15, 0.2) is 47.4 Å². The van der Waals surface area contributed by atoms with Crippen molar-refractivity contribution in [3.05, 3.63) is 58.6 Å². The van der Waals surface area contributed by atoms with Crippen molar-refractivity contribution in [3.8, 4) is 22.8 Å². The number of hydrogen-bond donors (Lipinski definition) is 3. The molecule has 6 rings (SSSR count). The highest BCUT2D eigenvalue weighted by molar-refractivity contribution is 5.79. The zero-order chi connectivity index (χ0) is 30.3. The lowest BCUT2D eigenvalue weighted by Gasteiger charge is -2.19. The fourth-order valence-electron chi connectivity index (χ4n) is 5.31. The van der Waals surface area contributed by atoms with Crippen molar-refractivity contribution >= 4 is 28.8 Å². The molecule has 2 atom stereocenters. The highest BCUT2D eigenvalue weighted by Gasteiger charge is 2.30. The second-order valence-corrected chi connectivity index (χ2v) is 9.73. The molecular weight excluding hydrogens is 516 g/mol. The van der Waals surface area contributed by atoms with E-state index in [0.29, 0.717) is 72.4 Å². The number of aliphatic hydroxyl groups excluding tert-OH is 1. The van der Waals surface area contributed by atoms with E-state index in [2.05, 4.69) is 15.6 Å². The molecule has 1 aromatic carbocycles. The van der Waals surface area contributed by atoms with Crippen LogP contribution >= 0.6 is 0 Å². The van der Waals surface area contributed by atoms with Gasteiger partial charge in [0, 0.05) is 34.8 Å². The molecule has 4 aromatic rings. The van der Waals surface area contributed by atoms with E-state index >= 15 is 0 Å². The summed E-state index contributed by atoms with van der Waals surface area (Å²) < 4.78 is 42.2. The van der Waals surface area contributed by atoms with Crippen molar-refractivity contribution in [2.75, 3.05) is 25.6 Å². The predicted octanol–water partition coefficient (Wildman–Crippen LogP) is 3.25. The minimum absolute atomic E-state index is 0.161. The van der Waals surface area contributed by atoms with Crippen molar-refractivity contribution in [1.29, 1.82) is 0 Å². The molecule has 0 saturated heterocycles. The van der Waals surface area contributed by atoms with Gasteiger partial charge in [0.1, 0.15) is 24.8 Å². The third kappa shape index (κ3) is 4.81. The summed E-state index contributed by atoms with van der Waals surface area (Å²) in [6.45, 7) is -2.04. The highest BCUT2D eigenvalue weighted by Crippen LogP contribution is 2.35. The number of carbonyl (C=O) groups excluding carboxylic acids is 1. The van der Waals surface area contributed by atoms with Gasteiger partial charge in [0.25, 0.3) is 0 Å². The molecule has 1 amide bonds. The lowest BCUT2D eigenvalue weighted by molar-refractivity contribution is 0.166. The van der Waals surface area contributed by atoms with Crippen LogP contribution in [-0.4, -0.2) is 56.7 Å². The van der Waals surface area contributed by atoms with Crippen LogP contribution in [0.4, 0.5) is 16.4 Å². The van der Waals surface area contributed by atoms with E-state index in [9.17, 15) is 14.7 Å². The van der Waals surface area contributed by atoms with Gasteiger partial charge in [0.15, 0.2) is 11.5 Å². The number of amides is 1. The van der Waals surface area contributed by atoms with Crippen LogP contribution in [-0.2, 0) is 18.3 Å². The molecule has 12 heteroatoms. The molecule has 1 fully saturated rings. The maximum atomic E-state index is 13.5. The van der Waals surface area contributed by atoms with Gasteiger partial charge in [-0.25, -0.2) is 19.6 Å². The van der Waals surface area contributed by atoms with Gasteiger partial charge in [-0.2, -0.15) is 0 Å². The van der Waals surface area contributed by atoms with Crippen LogP contribution in [0, 0.1) is 0 Å². The van der Waals surface area contributed by atoms with E-state index in [4.69, 9.17) is 23.3 Å². The number of aliphatic hydroxyl groups is 1. The van der Waals surface area contributed by atoms with Crippen LogP contribution in [0.25, 0.3) is 22.3 Å². The van der Waals surface area contributed by atoms with Crippen LogP contribution < -0.4 is 25.8 Å². The van der Waals surface area contributed by atoms with Crippen LogP contribution in [0.3, 0.4) is 0 Å². The Hall–Kier alpha value is -4.58. The molecule has 40 heavy (non-hydrogen) atoms. The van der Waals surface area contributed by atoms with Crippen molar-refractivity contribution in [3.63, 3.8) is 0 Å². The fraction of sp³-hybridized carbons (Fsp3) is 0.357. The number of rotatable bonds is 6. The number of carbonyl (C=O) groups is 1. The number of imidazole rings is 1. The Bertz CT molecular complexity index is 1750. The van der Waals surface area contributed by atoms with Crippen molar-refractivity contribution < 1.29 is 28.2 Å². The monoisotopic (exact) mass is 549 g/mol. The molecule has 0 radical (unpaired) electrons. The quantitative estimate of drug-likeness (QED) is 0.330. The summed E-state index contributed by atoms with van der Waals surface area (Å²) in [4.78, 5) is 34.3. The first-order chi connectivity index (χ1) is 20.6. The Morgan fingerprint density at radius 2 is 2.00 bits per heavy atom. The number of pyridine rings is 2. The number of nitrogens with one attached hydrogen (secondary N) is 2. The first-order valence-corrected chi connectivity index (χ1v) is 12.9. The minimum Gasteiger partial charge on any atom is -0.486 e. The first-order valence-electron chi connectivity index (χ1n) is 14.4. The molecular formula is C28H30N6O6. The highest BCUT2D eigenvalue weighted by atomic mass is 16.6. The summed E-state index contributed by atoms with van der Waals surface area (Å²) in [6.07, 6.45) is 2.37. The Kier molecular flexibility index (Phi) is 5.86. The lowest BCUT2D eigenvalue weighted by Crippen LogP contribution is -2.33. The summed E-state index contributed by atoms with van der Waals surface area (Å²) in [5.41, 5.74) is 1.79. The molecule has 2 aliphatic rings. The Labute approximate surface area is 233 Å². The average molecular weight is 550 g/mol. The van der Waals surface area contributed by atoms with Crippen LogP contribution in [0.2, 0.25) is 0 Å². The van der Waals surface area contributed by atoms with Crippen molar-refractivity contribution in [2.24, 2.45) is 6.98 Å². The van der Waals surface area contributed by atoms with Crippen molar-refractivity contribution in [1.82, 2.24) is 24.4 Å². The van der Waals surface area contributed by atoms with Gasteiger partial charge in [-0.3, -0.25) is 9.13 Å². The smallest absolute Gasteiger partial charge is 0.407 e. The summed E-state index contributed by atoms with van der Waals surface area (Å²) in [5, 5.41) is 15.9. The molecule has 1 saturated carbocycles. The van der Waals surface area contributed by atoms with Crippen LogP contribution in [0.5, 0.6) is 11.5 Å². The van der Waals surface area contributed by atoms with E-state index in [0.717, 1.165) is 10.1 Å². The number of nitrogens with zero attached hydrogens (tertiary/aromatic N) is 4. The molecule has 0 spiro atoms. The predicted molar refractivity (Wildman–Crippen MR) is 147 cm³/mol. The largest absolute Gasteiger partial charge is 0.486 e. The van der Waals surface area contributed by atoms with Gasteiger partial charge < -0.3 is 30.0 Å². The maximum absolute atomic E-state index is 13.5. The van der Waals surface area contributed by atoms with Gasteiger partial charge in [0.05, 0.1) is 36.6 Å². The van der Waals surface area contributed by atoms with Gasteiger partial charge in [-0.15, -0.1) is 0 Å². The number of anilines is 2. The van der Waals surface area contributed by atoms with Gasteiger partial charge in [-0.05, 0) is 55.2 Å². The first kappa shape index (κ1) is 22.3. The number of ether oxygens (including phenoxy) is 3. The number of methoxy groups -OCH3 is 1. The summed E-state index contributed by atoms with van der Waals surface area (Å²) in [6, 6.07) is 9.96. The Balaban J connectivity index is 1.36. The lowest BCUT2D eigenvalue weighted by atomic mass is 10.1.